The number of aromatic nitrogens is 3. The molecule has 0 bridgehead atoms. The molecule has 23 heavy (non-hydrogen) atoms. The summed E-state index contributed by atoms with van der Waals surface area (Å²) < 4.78 is 5.47. The van der Waals surface area contributed by atoms with E-state index in [0.29, 0.717) is 12.3 Å². The van der Waals surface area contributed by atoms with Crippen LogP contribution in [0.2, 0.25) is 0 Å². The lowest BCUT2D eigenvalue weighted by Crippen LogP contribution is -2.32. The smallest absolute Gasteiger partial charge is 0.230 e. The normalized spacial score (nSPS) is 17.1. The van der Waals surface area contributed by atoms with Gasteiger partial charge in [0.2, 0.25) is 5.91 Å². The third kappa shape index (κ3) is 4.74. The summed E-state index contributed by atoms with van der Waals surface area (Å²) in [6, 6.07) is 7.55. The Bertz CT molecular complexity index is 630. The number of ether oxygens (including phenoxy) is 1. The molecule has 0 aromatic carbocycles. The lowest BCUT2D eigenvalue weighted by molar-refractivity contribution is -0.119. The Morgan fingerprint density at radius 2 is 2.30 bits per heavy atom. The number of nitrogens with one attached hydrogen (secondary N) is 1. The van der Waals surface area contributed by atoms with Gasteiger partial charge in [0, 0.05) is 31.1 Å². The average Bonchev–Trinajstić information content (AvgIpc) is 3.13. The van der Waals surface area contributed by atoms with Gasteiger partial charge in [0.05, 0.1) is 17.6 Å². The topological polar surface area (TPSA) is 77.0 Å². The van der Waals surface area contributed by atoms with Crippen molar-refractivity contribution in [3.8, 4) is 11.3 Å². The summed E-state index contributed by atoms with van der Waals surface area (Å²) in [6.45, 7) is 1.39. The summed E-state index contributed by atoms with van der Waals surface area (Å²) in [7, 11) is 0. The van der Waals surface area contributed by atoms with Gasteiger partial charge in [-0.25, -0.2) is 0 Å². The number of nitrogens with zero attached hydrogens (tertiary/aromatic N) is 3. The van der Waals surface area contributed by atoms with Crippen LogP contribution in [0.1, 0.15) is 12.8 Å². The maximum Gasteiger partial charge on any atom is 0.230 e. The molecule has 0 spiro atoms. The predicted octanol–water partition coefficient (Wildman–Crippen LogP) is 1.93. The summed E-state index contributed by atoms with van der Waals surface area (Å²) in [4.78, 5) is 15.9. The molecule has 7 heteroatoms. The molecule has 1 aliphatic rings. The van der Waals surface area contributed by atoms with Gasteiger partial charge in [0.25, 0.3) is 0 Å². The third-order valence-corrected chi connectivity index (χ3v) is 4.42. The van der Waals surface area contributed by atoms with Crippen molar-refractivity contribution in [2.24, 2.45) is 0 Å². The molecule has 2 aromatic heterocycles. The molecule has 2 aromatic rings. The first-order valence-electron chi connectivity index (χ1n) is 7.56. The van der Waals surface area contributed by atoms with E-state index >= 15 is 0 Å². The molecule has 1 amide bonds. The first-order chi connectivity index (χ1) is 11.3. The van der Waals surface area contributed by atoms with E-state index in [1.165, 1.54) is 11.8 Å². The van der Waals surface area contributed by atoms with Crippen molar-refractivity contribution < 1.29 is 9.53 Å². The Morgan fingerprint density at radius 1 is 1.35 bits per heavy atom. The first kappa shape index (κ1) is 15.9. The van der Waals surface area contributed by atoms with Gasteiger partial charge in [-0.2, -0.15) is 0 Å². The van der Waals surface area contributed by atoms with Crippen LogP contribution < -0.4 is 5.32 Å². The Balaban J connectivity index is 1.45. The molecule has 0 radical (unpaired) electrons. The minimum atomic E-state index is -0.0105. The molecule has 1 unspecified atom stereocenters. The number of thioether (sulfide) groups is 1. The van der Waals surface area contributed by atoms with Crippen molar-refractivity contribution in [3.05, 3.63) is 36.7 Å². The van der Waals surface area contributed by atoms with Crippen molar-refractivity contribution in [2.45, 2.75) is 24.0 Å². The van der Waals surface area contributed by atoms with E-state index in [-0.39, 0.29) is 12.0 Å². The molecule has 0 aliphatic carbocycles. The van der Waals surface area contributed by atoms with Gasteiger partial charge in [-0.1, -0.05) is 11.8 Å². The molecule has 0 saturated carbocycles. The molecule has 3 heterocycles. The molecular weight excluding hydrogens is 312 g/mol. The standard InChI is InChI=1S/C16H18N4O2S/c21-15(18-10-13-4-2-8-22-13)11-23-16-6-5-14(19-20-16)12-3-1-7-17-9-12/h1,3,5-7,9,13H,2,4,8,10-11H2,(H,18,21). The fourth-order valence-corrected chi connectivity index (χ4v) is 2.93. The summed E-state index contributed by atoms with van der Waals surface area (Å²) in [5.74, 6) is 0.317. The van der Waals surface area contributed by atoms with Gasteiger partial charge < -0.3 is 10.1 Å². The number of rotatable bonds is 6. The maximum atomic E-state index is 11.8. The van der Waals surface area contributed by atoms with Gasteiger partial charge in [-0.15, -0.1) is 10.2 Å². The highest BCUT2D eigenvalue weighted by Crippen LogP contribution is 2.18. The minimum Gasteiger partial charge on any atom is -0.376 e. The van der Waals surface area contributed by atoms with Crippen LogP contribution in [-0.2, 0) is 9.53 Å². The van der Waals surface area contributed by atoms with Gasteiger partial charge in [0.1, 0.15) is 5.03 Å². The quantitative estimate of drug-likeness (QED) is 0.816. The van der Waals surface area contributed by atoms with E-state index in [2.05, 4.69) is 20.5 Å². The van der Waals surface area contributed by atoms with Crippen molar-refractivity contribution in [1.82, 2.24) is 20.5 Å². The minimum absolute atomic E-state index is 0.0105. The molecular formula is C16H18N4O2S. The van der Waals surface area contributed by atoms with E-state index in [1.807, 2.05) is 24.3 Å². The van der Waals surface area contributed by atoms with E-state index in [4.69, 9.17) is 4.74 Å². The Hall–Kier alpha value is -1.99. The SMILES string of the molecule is O=C(CSc1ccc(-c2cccnc2)nn1)NCC1CCCO1. The van der Waals surface area contributed by atoms with Gasteiger partial charge in [-0.05, 0) is 37.1 Å². The van der Waals surface area contributed by atoms with E-state index < -0.39 is 0 Å². The zero-order chi connectivity index (χ0) is 15.9. The summed E-state index contributed by atoms with van der Waals surface area (Å²) in [5, 5.41) is 11.9. The molecule has 3 rings (SSSR count). The molecule has 1 fully saturated rings. The van der Waals surface area contributed by atoms with Crippen molar-refractivity contribution in [1.29, 1.82) is 0 Å². The second kappa shape index (κ2) is 8.03. The van der Waals surface area contributed by atoms with Crippen LogP contribution in [0.25, 0.3) is 11.3 Å². The van der Waals surface area contributed by atoms with E-state index in [9.17, 15) is 4.79 Å². The predicted molar refractivity (Wildman–Crippen MR) is 88.0 cm³/mol. The zero-order valence-corrected chi connectivity index (χ0v) is 13.5. The van der Waals surface area contributed by atoms with E-state index in [1.54, 1.807) is 12.4 Å². The highest BCUT2D eigenvalue weighted by molar-refractivity contribution is 7.99. The molecule has 1 aliphatic heterocycles. The third-order valence-electron chi connectivity index (χ3n) is 3.50. The van der Waals surface area contributed by atoms with Gasteiger partial charge in [-0.3, -0.25) is 9.78 Å². The molecule has 1 N–H and O–H groups in total. The van der Waals surface area contributed by atoms with Crippen LogP contribution >= 0.6 is 11.8 Å². The van der Waals surface area contributed by atoms with Gasteiger partial charge in [0.15, 0.2) is 0 Å². The van der Waals surface area contributed by atoms with E-state index in [0.717, 1.165) is 35.7 Å². The largest absolute Gasteiger partial charge is 0.376 e. The highest BCUT2D eigenvalue weighted by Gasteiger charge is 2.16. The Kier molecular flexibility index (Phi) is 5.55. The number of carbonyl (C=O) groups is 1. The van der Waals surface area contributed by atoms with Crippen molar-refractivity contribution >= 4 is 17.7 Å². The number of hydrogen-bond acceptors (Lipinski definition) is 6. The van der Waals surface area contributed by atoms with Crippen LogP contribution in [0.5, 0.6) is 0 Å². The molecule has 6 nitrogen and oxygen atoms in total. The molecule has 1 saturated heterocycles. The number of carbonyl (C=O) groups excluding carboxylic acids is 1. The fraction of sp³-hybridized carbons (Fsp3) is 0.375. The van der Waals surface area contributed by atoms with Crippen LogP contribution in [0.15, 0.2) is 41.7 Å². The maximum absolute atomic E-state index is 11.8. The second-order valence-corrected chi connectivity index (χ2v) is 6.22. The van der Waals surface area contributed by atoms with Crippen LogP contribution in [-0.4, -0.2) is 46.1 Å². The summed E-state index contributed by atoms with van der Waals surface area (Å²) in [6.07, 6.45) is 5.73. The average molecular weight is 330 g/mol. The van der Waals surface area contributed by atoms with Crippen molar-refractivity contribution in [3.63, 3.8) is 0 Å². The number of pyridine rings is 1. The lowest BCUT2D eigenvalue weighted by Gasteiger charge is -2.10. The van der Waals surface area contributed by atoms with Crippen LogP contribution in [0.3, 0.4) is 0 Å². The molecule has 1 atom stereocenters. The number of amides is 1. The van der Waals surface area contributed by atoms with Gasteiger partial charge >= 0.3 is 0 Å². The summed E-state index contributed by atoms with van der Waals surface area (Å²) >= 11 is 1.37. The monoisotopic (exact) mass is 330 g/mol. The Morgan fingerprint density at radius 3 is 3.00 bits per heavy atom. The van der Waals surface area contributed by atoms with Crippen molar-refractivity contribution in [2.75, 3.05) is 18.9 Å². The second-order valence-electron chi connectivity index (χ2n) is 5.23. The zero-order valence-electron chi connectivity index (χ0n) is 12.6. The first-order valence-corrected chi connectivity index (χ1v) is 8.55. The molecule has 120 valence electrons. The highest BCUT2D eigenvalue weighted by atomic mass is 32.2. The number of hydrogen-bond donors (Lipinski definition) is 1. The fourth-order valence-electron chi connectivity index (χ4n) is 2.29. The van der Waals surface area contributed by atoms with Crippen LogP contribution in [0, 0.1) is 0 Å². The Labute approximate surface area is 139 Å². The van der Waals surface area contributed by atoms with Crippen LogP contribution in [0.4, 0.5) is 0 Å². The summed E-state index contributed by atoms with van der Waals surface area (Å²) in [5.41, 5.74) is 1.69. The lowest BCUT2D eigenvalue weighted by atomic mass is 10.2.